The lowest BCUT2D eigenvalue weighted by Crippen LogP contribution is -2.42. The molecule has 5 rings (SSSR count). The number of aromatic nitrogens is 1. The van der Waals surface area contributed by atoms with E-state index in [0.717, 1.165) is 52.7 Å². The first-order chi connectivity index (χ1) is 16.3. The summed E-state index contributed by atoms with van der Waals surface area (Å²) in [4.78, 5) is 34.6. The molecular weight excluding hydrogens is 422 g/mol. The highest BCUT2D eigenvalue weighted by molar-refractivity contribution is 6.35. The number of para-hydroxylation sites is 1. The fourth-order valence-electron chi connectivity index (χ4n) is 5.81. The predicted molar refractivity (Wildman–Crippen MR) is 136 cm³/mol. The second-order valence-electron chi connectivity index (χ2n) is 10.3. The van der Waals surface area contributed by atoms with E-state index < -0.39 is 0 Å². The van der Waals surface area contributed by atoms with E-state index in [9.17, 15) is 9.59 Å². The molecule has 2 aliphatic heterocycles. The van der Waals surface area contributed by atoms with Gasteiger partial charge in [-0.05, 0) is 61.3 Å². The number of nitrogens with one attached hydrogen (secondary N) is 1. The number of piperidine rings is 1. The number of hydrogen-bond acceptors (Lipinski definition) is 3. The number of amides is 2. The van der Waals surface area contributed by atoms with Crippen LogP contribution in [0.1, 0.15) is 42.5 Å². The van der Waals surface area contributed by atoms with E-state index in [0.29, 0.717) is 36.1 Å². The van der Waals surface area contributed by atoms with E-state index in [1.54, 1.807) is 0 Å². The van der Waals surface area contributed by atoms with Gasteiger partial charge in [0.15, 0.2) is 0 Å². The van der Waals surface area contributed by atoms with Crippen molar-refractivity contribution in [2.75, 3.05) is 19.6 Å². The van der Waals surface area contributed by atoms with Crippen LogP contribution in [0.3, 0.4) is 0 Å². The molecule has 1 saturated heterocycles. The molecule has 0 spiro atoms. The minimum atomic E-state index is -0.169. The van der Waals surface area contributed by atoms with Gasteiger partial charge in [-0.2, -0.15) is 0 Å². The van der Waals surface area contributed by atoms with E-state index in [2.05, 4.69) is 42.8 Å². The van der Waals surface area contributed by atoms with Crippen molar-refractivity contribution in [2.45, 2.75) is 40.5 Å². The van der Waals surface area contributed by atoms with Crippen molar-refractivity contribution in [1.82, 2.24) is 14.8 Å². The summed E-state index contributed by atoms with van der Waals surface area (Å²) < 4.78 is 0. The van der Waals surface area contributed by atoms with Gasteiger partial charge in [0.1, 0.15) is 5.70 Å². The van der Waals surface area contributed by atoms with Crippen LogP contribution in [0.4, 0.5) is 0 Å². The topological polar surface area (TPSA) is 56.4 Å². The highest BCUT2D eigenvalue weighted by Crippen LogP contribution is 2.36. The Bertz CT molecular complexity index is 1290. The Morgan fingerprint density at radius 1 is 0.971 bits per heavy atom. The number of nitrogens with zero attached hydrogens (tertiary/aromatic N) is 2. The fraction of sp³-hybridized carbons (Fsp3) is 0.379. The monoisotopic (exact) mass is 455 g/mol. The lowest BCUT2D eigenvalue weighted by molar-refractivity contribution is -0.137. The molecule has 5 heteroatoms. The summed E-state index contributed by atoms with van der Waals surface area (Å²) >= 11 is 0. The Morgan fingerprint density at radius 2 is 1.71 bits per heavy atom. The molecule has 2 aromatic carbocycles. The normalized spacial score (nSPS) is 21.3. The Morgan fingerprint density at radius 3 is 2.44 bits per heavy atom. The number of aryl methyl sites for hydroxylation is 2. The number of imide groups is 1. The summed E-state index contributed by atoms with van der Waals surface area (Å²) in [5.41, 5.74) is 6.42. The van der Waals surface area contributed by atoms with Crippen molar-refractivity contribution in [1.29, 1.82) is 0 Å². The van der Waals surface area contributed by atoms with Gasteiger partial charge >= 0.3 is 0 Å². The molecule has 0 aliphatic carbocycles. The highest BCUT2D eigenvalue weighted by Gasteiger charge is 2.43. The summed E-state index contributed by atoms with van der Waals surface area (Å²) in [5, 5.41) is 1.14. The number of carbonyl (C=O) groups is 2. The molecule has 34 heavy (non-hydrogen) atoms. The molecule has 2 unspecified atom stereocenters. The van der Waals surface area contributed by atoms with Gasteiger partial charge in [-0.1, -0.05) is 55.8 Å². The molecule has 2 amide bonds. The summed E-state index contributed by atoms with van der Waals surface area (Å²) in [6.45, 7) is 10.5. The first-order valence-corrected chi connectivity index (χ1v) is 12.3. The third kappa shape index (κ3) is 3.93. The Labute approximate surface area is 201 Å². The number of likely N-dealkylation sites (tertiary alicyclic amines) is 1. The van der Waals surface area contributed by atoms with Crippen molar-refractivity contribution < 1.29 is 9.59 Å². The van der Waals surface area contributed by atoms with Crippen molar-refractivity contribution >= 4 is 28.3 Å². The SMILES string of the molecule is Cc1ccc(C2=C(N3CC(C)CC(C)C3)C(=O)N(CCc3c[nH]c4ccccc34)C2=O)c(C)c1. The maximum absolute atomic E-state index is 13.8. The number of benzene rings is 2. The zero-order valence-electron chi connectivity index (χ0n) is 20.5. The maximum atomic E-state index is 13.8. The Hall–Kier alpha value is -3.34. The van der Waals surface area contributed by atoms with Crippen molar-refractivity contribution in [3.05, 3.63) is 76.6 Å². The Kier molecular flexibility index (Phi) is 5.80. The van der Waals surface area contributed by atoms with Gasteiger partial charge < -0.3 is 9.88 Å². The van der Waals surface area contributed by atoms with Crippen molar-refractivity contribution in [3.8, 4) is 0 Å². The van der Waals surface area contributed by atoms with Crippen molar-refractivity contribution in [2.24, 2.45) is 11.8 Å². The lowest BCUT2D eigenvalue weighted by Gasteiger charge is -2.37. The summed E-state index contributed by atoms with van der Waals surface area (Å²) in [5.74, 6) is 0.651. The molecule has 1 fully saturated rings. The molecule has 2 aliphatic rings. The average molecular weight is 456 g/mol. The van der Waals surface area contributed by atoms with Crippen LogP contribution < -0.4 is 0 Å². The number of fused-ring (bicyclic) bond motifs is 1. The Balaban J connectivity index is 1.50. The molecule has 3 aromatic rings. The summed E-state index contributed by atoms with van der Waals surface area (Å²) in [6.07, 6.45) is 3.76. The molecule has 2 atom stereocenters. The van der Waals surface area contributed by atoms with E-state index >= 15 is 0 Å². The second-order valence-corrected chi connectivity index (χ2v) is 10.3. The summed E-state index contributed by atoms with van der Waals surface area (Å²) in [6, 6.07) is 14.3. The predicted octanol–water partition coefficient (Wildman–Crippen LogP) is 5.09. The second kappa shape index (κ2) is 8.79. The van der Waals surface area contributed by atoms with Gasteiger partial charge in [-0.25, -0.2) is 0 Å². The lowest BCUT2D eigenvalue weighted by atomic mass is 9.90. The first-order valence-electron chi connectivity index (χ1n) is 12.3. The molecule has 0 saturated carbocycles. The molecule has 176 valence electrons. The van der Waals surface area contributed by atoms with Crippen LogP contribution >= 0.6 is 0 Å². The standard InChI is InChI=1S/C29H33N3O2/c1-18-9-10-23(21(4)14-18)26-27(31-16-19(2)13-20(3)17-31)29(34)32(28(26)33)12-11-22-15-30-25-8-6-5-7-24(22)25/h5-10,14-15,19-20,30H,11-13,16-17H2,1-4H3. The minimum Gasteiger partial charge on any atom is -0.366 e. The number of H-pyrrole nitrogens is 1. The fourth-order valence-corrected chi connectivity index (χ4v) is 5.81. The van der Waals surface area contributed by atoms with Crippen LogP contribution in [0.2, 0.25) is 0 Å². The molecule has 0 bridgehead atoms. The van der Waals surface area contributed by atoms with E-state index in [4.69, 9.17) is 0 Å². The van der Waals surface area contributed by atoms with Crippen LogP contribution in [0, 0.1) is 25.7 Å². The van der Waals surface area contributed by atoms with E-state index in [-0.39, 0.29) is 11.8 Å². The van der Waals surface area contributed by atoms with Crippen LogP contribution in [0.15, 0.2) is 54.4 Å². The first kappa shape index (κ1) is 22.5. The van der Waals surface area contributed by atoms with Gasteiger partial charge in [0.25, 0.3) is 11.8 Å². The van der Waals surface area contributed by atoms with Crippen LogP contribution in [-0.2, 0) is 16.0 Å². The highest BCUT2D eigenvalue weighted by atomic mass is 16.2. The van der Waals surface area contributed by atoms with Crippen LogP contribution in [0.25, 0.3) is 16.5 Å². The third-order valence-corrected chi connectivity index (χ3v) is 7.26. The summed E-state index contributed by atoms with van der Waals surface area (Å²) in [7, 11) is 0. The number of hydrogen-bond donors (Lipinski definition) is 1. The van der Waals surface area contributed by atoms with E-state index in [1.807, 2.05) is 43.5 Å². The molecule has 0 radical (unpaired) electrons. The van der Waals surface area contributed by atoms with Crippen LogP contribution in [0.5, 0.6) is 0 Å². The van der Waals surface area contributed by atoms with Crippen molar-refractivity contribution in [3.63, 3.8) is 0 Å². The average Bonchev–Trinajstić information content (AvgIpc) is 3.30. The number of aromatic amines is 1. The molecule has 5 nitrogen and oxygen atoms in total. The molecule has 1 N–H and O–H groups in total. The van der Waals surface area contributed by atoms with Crippen LogP contribution in [-0.4, -0.2) is 46.2 Å². The van der Waals surface area contributed by atoms with Gasteiger partial charge in [0, 0.05) is 36.7 Å². The zero-order valence-corrected chi connectivity index (χ0v) is 20.5. The van der Waals surface area contributed by atoms with E-state index in [1.165, 1.54) is 4.90 Å². The van der Waals surface area contributed by atoms with Gasteiger partial charge in [-0.15, -0.1) is 0 Å². The zero-order chi connectivity index (χ0) is 24.0. The molecule has 1 aromatic heterocycles. The van der Waals surface area contributed by atoms with Gasteiger partial charge in [0.05, 0.1) is 5.57 Å². The number of carbonyl (C=O) groups excluding carboxylic acids is 2. The molecule has 3 heterocycles. The smallest absolute Gasteiger partial charge is 0.277 e. The third-order valence-electron chi connectivity index (χ3n) is 7.26. The minimum absolute atomic E-state index is 0.152. The van der Waals surface area contributed by atoms with Gasteiger partial charge in [0.2, 0.25) is 0 Å². The molecular formula is C29H33N3O2. The number of rotatable bonds is 5. The quantitative estimate of drug-likeness (QED) is 0.546. The largest absolute Gasteiger partial charge is 0.366 e. The van der Waals surface area contributed by atoms with Gasteiger partial charge in [-0.3, -0.25) is 14.5 Å². The maximum Gasteiger partial charge on any atom is 0.277 e.